The second-order valence-electron chi connectivity index (χ2n) is 4.57. The quantitative estimate of drug-likeness (QED) is 0.652. The number of nitrogens with two attached hydrogens (primary N) is 1. The summed E-state index contributed by atoms with van der Waals surface area (Å²) < 4.78 is 23.0. The van der Waals surface area contributed by atoms with Gasteiger partial charge in [-0.15, -0.1) is 11.3 Å². The number of primary sulfonamides is 1. The Kier molecular flexibility index (Phi) is 4.39. The van der Waals surface area contributed by atoms with Crippen LogP contribution in [-0.4, -0.2) is 18.6 Å². The van der Waals surface area contributed by atoms with Gasteiger partial charge in [-0.3, -0.25) is 9.69 Å². The van der Waals surface area contributed by atoms with E-state index in [4.69, 9.17) is 17.4 Å². The molecule has 0 saturated carbocycles. The van der Waals surface area contributed by atoms with E-state index in [-0.39, 0.29) is 10.8 Å². The minimum atomic E-state index is -3.77. The average Bonchev–Trinajstić information content (AvgIpc) is 3.08. The van der Waals surface area contributed by atoms with Gasteiger partial charge in [-0.2, -0.15) is 0 Å². The Labute approximate surface area is 146 Å². The zero-order valence-corrected chi connectivity index (χ0v) is 14.8. The topological polar surface area (TPSA) is 80.5 Å². The summed E-state index contributed by atoms with van der Waals surface area (Å²) in [5.74, 6) is -0.225. The number of thiocarbonyl (C=S) groups is 1. The molecule has 1 saturated heterocycles. The zero-order valence-electron chi connectivity index (χ0n) is 11.5. The van der Waals surface area contributed by atoms with Gasteiger partial charge in [-0.25, -0.2) is 13.6 Å². The molecule has 2 N–H and O–H groups in total. The third-order valence-corrected chi connectivity index (χ3v) is 6.08. The van der Waals surface area contributed by atoms with Gasteiger partial charge >= 0.3 is 0 Å². The van der Waals surface area contributed by atoms with Crippen LogP contribution in [0.3, 0.4) is 0 Å². The number of nitrogens with zero attached hydrogens (tertiary/aromatic N) is 1. The summed E-state index contributed by atoms with van der Waals surface area (Å²) in [6.07, 6.45) is 1.79. The number of thiophene rings is 1. The van der Waals surface area contributed by atoms with Crippen molar-refractivity contribution in [3.8, 4) is 0 Å². The van der Waals surface area contributed by atoms with Crippen LogP contribution < -0.4 is 10.0 Å². The van der Waals surface area contributed by atoms with E-state index in [0.717, 1.165) is 4.88 Å². The van der Waals surface area contributed by atoms with Gasteiger partial charge in [0.15, 0.2) is 4.32 Å². The molecule has 0 radical (unpaired) electrons. The largest absolute Gasteiger partial charge is 0.270 e. The Morgan fingerprint density at radius 3 is 2.43 bits per heavy atom. The lowest BCUT2D eigenvalue weighted by atomic mass is 10.3. The second kappa shape index (κ2) is 6.17. The van der Waals surface area contributed by atoms with E-state index in [0.29, 0.717) is 14.9 Å². The number of carbonyl (C=O) groups excluding carboxylic acids is 1. The minimum absolute atomic E-state index is 0.0131. The lowest BCUT2D eigenvalue weighted by Gasteiger charge is -2.14. The van der Waals surface area contributed by atoms with Crippen molar-refractivity contribution in [1.29, 1.82) is 0 Å². The highest BCUT2D eigenvalue weighted by Crippen LogP contribution is 2.36. The number of anilines is 1. The van der Waals surface area contributed by atoms with Crippen LogP contribution in [0.4, 0.5) is 5.69 Å². The van der Waals surface area contributed by atoms with Gasteiger partial charge < -0.3 is 0 Å². The highest BCUT2D eigenvalue weighted by molar-refractivity contribution is 8.27. The van der Waals surface area contributed by atoms with Crippen LogP contribution in [0.5, 0.6) is 0 Å². The Morgan fingerprint density at radius 1 is 1.17 bits per heavy atom. The van der Waals surface area contributed by atoms with Crippen LogP contribution >= 0.6 is 35.3 Å². The standard InChI is InChI=1S/C14H10N2O3S4/c15-23(18,19)11-5-3-9(4-6-11)16-13(17)12(22-14(16)20)8-10-2-1-7-21-10/h1-8H,(H2,15,18,19)/b12-8-. The smallest absolute Gasteiger partial charge is 0.268 e. The molecule has 1 fully saturated rings. The molecule has 0 spiro atoms. The van der Waals surface area contributed by atoms with Crippen LogP contribution in [0.25, 0.3) is 6.08 Å². The Hall–Kier alpha value is -1.52. The van der Waals surface area contributed by atoms with Crippen molar-refractivity contribution in [3.63, 3.8) is 0 Å². The lowest BCUT2D eigenvalue weighted by molar-refractivity contribution is -0.113. The normalized spacial score (nSPS) is 17.3. The number of hydrogen-bond donors (Lipinski definition) is 1. The Morgan fingerprint density at radius 2 is 1.87 bits per heavy atom. The average molecular weight is 383 g/mol. The third kappa shape index (κ3) is 3.38. The first-order valence-electron chi connectivity index (χ1n) is 6.30. The number of carbonyl (C=O) groups is 1. The highest BCUT2D eigenvalue weighted by Gasteiger charge is 2.33. The van der Waals surface area contributed by atoms with Gasteiger partial charge in [0.25, 0.3) is 5.91 Å². The maximum Gasteiger partial charge on any atom is 0.270 e. The predicted octanol–water partition coefficient (Wildman–Crippen LogP) is 2.80. The molecule has 1 aliphatic rings. The molecule has 1 amide bonds. The zero-order chi connectivity index (χ0) is 16.6. The molecule has 118 valence electrons. The van der Waals surface area contributed by atoms with Crippen LogP contribution in [0, 0.1) is 0 Å². The fourth-order valence-corrected chi connectivity index (χ4v) is 4.52. The summed E-state index contributed by atoms with van der Waals surface area (Å²) in [6, 6.07) is 9.55. The van der Waals surface area contributed by atoms with Gasteiger partial charge in [0, 0.05) is 4.88 Å². The van der Waals surface area contributed by atoms with Gasteiger partial charge in [0.2, 0.25) is 10.0 Å². The number of rotatable bonds is 3. The minimum Gasteiger partial charge on any atom is -0.268 e. The maximum atomic E-state index is 12.5. The van der Waals surface area contributed by atoms with Crippen molar-refractivity contribution in [1.82, 2.24) is 0 Å². The van der Waals surface area contributed by atoms with Crippen LogP contribution in [0.15, 0.2) is 51.6 Å². The monoisotopic (exact) mass is 382 g/mol. The number of sulfonamides is 1. The summed E-state index contributed by atoms with van der Waals surface area (Å²) in [5, 5.41) is 7.00. The van der Waals surface area contributed by atoms with Crippen molar-refractivity contribution < 1.29 is 13.2 Å². The summed E-state index contributed by atoms with van der Waals surface area (Å²) >= 11 is 8.01. The Bertz CT molecular complexity index is 900. The summed E-state index contributed by atoms with van der Waals surface area (Å²) in [5.41, 5.74) is 0.509. The van der Waals surface area contributed by atoms with Gasteiger partial charge in [0.1, 0.15) is 0 Å². The van der Waals surface area contributed by atoms with Crippen molar-refractivity contribution in [2.45, 2.75) is 4.90 Å². The summed E-state index contributed by atoms with van der Waals surface area (Å²) in [6.45, 7) is 0. The fourth-order valence-electron chi connectivity index (χ4n) is 1.98. The first kappa shape index (κ1) is 16.3. The van der Waals surface area contributed by atoms with Crippen molar-refractivity contribution in [2.75, 3.05) is 4.90 Å². The number of hydrogen-bond acceptors (Lipinski definition) is 6. The third-order valence-electron chi connectivity index (χ3n) is 3.03. The van der Waals surface area contributed by atoms with Crippen LogP contribution in [0.2, 0.25) is 0 Å². The summed E-state index contributed by atoms with van der Waals surface area (Å²) in [7, 11) is -3.77. The predicted molar refractivity (Wildman–Crippen MR) is 97.8 cm³/mol. The van der Waals surface area contributed by atoms with Crippen LogP contribution in [-0.2, 0) is 14.8 Å². The molecule has 2 heterocycles. The fraction of sp³-hybridized carbons (Fsp3) is 0. The molecule has 0 unspecified atom stereocenters. The SMILES string of the molecule is NS(=O)(=O)c1ccc(N2C(=O)/C(=C/c3cccs3)SC2=S)cc1. The molecule has 1 aliphatic heterocycles. The van der Waals surface area contributed by atoms with E-state index < -0.39 is 10.0 Å². The van der Waals surface area contributed by atoms with E-state index in [1.807, 2.05) is 17.5 Å². The van der Waals surface area contributed by atoms with Crippen molar-refractivity contribution in [2.24, 2.45) is 5.14 Å². The molecule has 3 rings (SSSR count). The molecule has 23 heavy (non-hydrogen) atoms. The first-order chi connectivity index (χ1) is 10.9. The van der Waals surface area contributed by atoms with E-state index in [1.54, 1.807) is 6.08 Å². The van der Waals surface area contributed by atoms with Crippen molar-refractivity contribution in [3.05, 3.63) is 51.6 Å². The van der Waals surface area contributed by atoms with Gasteiger partial charge in [0.05, 0.1) is 15.5 Å². The molecule has 0 aliphatic carbocycles. The van der Waals surface area contributed by atoms with Gasteiger partial charge in [-0.05, 0) is 41.8 Å². The highest BCUT2D eigenvalue weighted by atomic mass is 32.2. The molecular weight excluding hydrogens is 372 g/mol. The van der Waals surface area contributed by atoms with E-state index in [9.17, 15) is 13.2 Å². The van der Waals surface area contributed by atoms with E-state index >= 15 is 0 Å². The molecule has 1 aromatic heterocycles. The maximum absolute atomic E-state index is 12.5. The number of benzene rings is 1. The summed E-state index contributed by atoms with van der Waals surface area (Å²) in [4.78, 5) is 15.4. The first-order valence-corrected chi connectivity index (χ1v) is 9.96. The van der Waals surface area contributed by atoms with Crippen molar-refractivity contribution >= 4 is 67.3 Å². The number of thioether (sulfide) groups is 1. The van der Waals surface area contributed by atoms with E-state index in [1.165, 1.54) is 52.3 Å². The van der Waals surface area contributed by atoms with Crippen LogP contribution in [0.1, 0.15) is 4.88 Å². The van der Waals surface area contributed by atoms with Gasteiger partial charge in [-0.1, -0.05) is 30.0 Å². The lowest BCUT2D eigenvalue weighted by Crippen LogP contribution is -2.27. The Balaban J connectivity index is 1.91. The molecule has 0 atom stereocenters. The molecule has 5 nitrogen and oxygen atoms in total. The number of amides is 1. The second-order valence-corrected chi connectivity index (χ2v) is 8.79. The van der Waals surface area contributed by atoms with E-state index in [2.05, 4.69) is 0 Å². The molecule has 0 bridgehead atoms. The molecule has 9 heteroatoms. The molecular formula is C14H10N2O3S4. The molecule has 2 aromatic rings. The molecule has 1 aromatic carbocycles.